The Bertz CT molecular complexity index is 779. The minimum Gasteiger partial charge on any atom is -0.465 e. The number of aliphatic hydroxyl groups is 1. The molecule has 1 fully saturated rings. The van der Waals surface area contributed by atoms with Gasteiger partial charge in [0.25, 0.3) is 0 Å². The van der Waals surface area contributed by atoms with E-state index in [0.29, 0.717) is 18.4 Å². The molecule has 1 aliphatic rings. The molecule has 0 bridgehead atoms. The summed E-state index contributed by atoms with van der Waals surface area (Å²) < 4.78 is 5.22. The molecule has 26 heavy (non-hydrogen) atoms. The van der Waals surface area contributed by atoms with E-state index in [0.717, 1.165) is 24.8 Å². The van der Waals surface area contributed by atoms with Crippen LogP contribution in [0.4, 0.5) is 0 Å². The smallest absolute Gasteiger partial charge is 0.312 e. The zero-order valence-corrected chi connectivity index (χ0v) is 14.7. The molecule has 0 aromatic heterocycles. The van der Waals surface area contributed by atoms with Crippen molar-refractivity contribution in [2.45, 2.75) is 37.7 Å². The van der Waals surface area contributed by atoms with Crippen molar-refractivity contribution in [2.75, 3.05) is 6.61 Å². The summed E-state index contributed by atoms with van der Waals surface area (Å²) in [5, 5.41) is 20.1. The van der Waals surface area contributed by atoms with Crippen molar-refractivity contribution in [3.8, 4) is 6.07 Å². The fourth-order valence-corrected chi connectivity index (χ4v) is 3.63. The number of nitrogens with zero attached hydrogens (tertiary/aromatic N) is 1. The standard InChI is InChI=1S/C22H23NO3/c23-16-18-12-10-17(11-13-18)6-4-5-9-20-21(24)26-15-14-22(20,25)19-7-2-1-3-8-19/h1-3,7-8,10-13,20,25H,4-6,9,14-15H2. The molecule has 2 aromatic rings. The first-order chi connectivity index (χ1) is 12.6. The molecular weight excluding hydrogens is 326 g/mol. The Morgan fingerprint density at radius 2 is 1.85 bits per heavy atom. The van der Waals surface area contributed by atoms with E-state index in [1.165, 1.54) is 5.56 Å². The van der Waals surface area contributed by atoms with Gasteiger partial charge >= 0.3 is 5.97 Å². The lowest BCUT2D eigenvalue weighted by Crippen LogP contribution is -2.45. The molecule has 0 spiro atoms. The average molecular weight is 349 g/mol. The third-order valence-electron chi connectivity index (χ3n) is 5.15. The highest BCUT2D eigenvalue weighted by molar-refractivity contribution is 5.75. The molecule has 0 amide bonds. The molecule has 2 atom stereocenters. The third-order valence-corrected chi connectivity index (χ3v) is 5.15. The summed E-state index contributed by atoms with van der Waals surface area (Å²) in [4.78, 5) is 12.3. The topological polar surface area (TPSA) is 70.3 Å². The van der Waals surface area contributed by atoms with E-state index in [-0.39, 0.29) is 12.6 Å². The predicted octanol–water partition coefficient (Wildman–Crippen LogP) is 3.72. The third kappa shape index (κ3) is 3.95. The van der Waals surface area contributed by atoms with Gasteiger partial charge in [-0.3, -0.25) is 4.79 Å². The number of hydrogen-bond acceptors (Lipinski definition) is 4. The van der Waals surface area contributed by atoms with E-state index in [1.807, 2.05) is 54.6 Å². The maximum absolute atomic E-state index is 12.3. The normalized spacial score (nSPS) is 22.5. The zero-order valence-electron chi connectivity index (χ0n) is 14.7. The van der Waals surface area contributed by atoms with Crippen LogP contribution in [0.15, 0.2) is 54.6 Å². The van der Waals surface area contributed by atoms with Crippen LogP contribution in [0, 0.1) is 17.2 Å². The van der Waals surface area contributed by atoms with Crippen molar-refractivity contribution >= 4 is 5.97 Å². The van der Waals surface area contributed by atoms with Crippen LogP contribution in [-0.2, 0) is 21.6 Å². The molecule has 4 nitrogen and oxygen atoms in total. The highest BCUT2D eigenvalue weighted by Crippen LogP contribution is 2.39. The Balaban J connectivity index is 1.61. The lowest BCUT2D eigenvalue weighted by Gasteiger charge is -2.39. The monoisotopic (exact) mass is 349 g/mol. The van der Waals surface area contributed by atoms with Gasteiger partial charge in [-0.1, -0.05) is 48.9 Å². The van der Waals surface area contributed by atoms with Gasteiger partial charge in [0.15, 0.2) is 0 Å². The number of rotatable bonds is 6. The molecular formula is C22H23NO3. The highest BCUT2D eigenvalue weighted by atomic mass is 16.5. The lowest BCUT2D eigenvalue weighted by atomic mass is 9.75. The van der Waals surface area contributed by atoms with Crippen molar-refractivity contribution in [3.63, 3.8) is 0 Å². The van der Waals surface area contributed by atoms with Crippen LogP contribution in [0.5, 0.6) is 0 Å². The quantitative estimate of drug-likeness (QED) is 0.637. The van der Waals surface area contributed by atoms with Crippen molar-refractivity contribution in [1.82, 2.24) is 0 Å². The molecule has 1 saturated heterocycles. The average Bonchev–Trinajstić information content (AvgIpc) is 2.68. The fraction of sp³-hybridized carbons (Fsp3) is 0.364. The number of hydrogen-bond donors (Lipinski definition) is 1. The van der Waals surface area contributed by atoms with E-state index < -0.39 is 11.5 Å². The number of esters is 1. The summed E-state index contributed by atoms with van der Waals surface area (Å²) in [6, 6.07) is 19.1. The number of aryl methyl sites for hydroxylation is 1. The van der Waals surface area contributed by atoms with Gasteiger partial charge in [0, 0.05) is 6.42 Å². The number of carbonyl (C=O) groups excluding carboxylic acids is 1. The van der Waals surface area contributed by atoms with Crippen LogP contribution < -0.4 is 0 Å². The van der Waals surface area contributed by atoms with Crippen LogP contribution in [0.25, 0.3) is 0 Å². The molecule has 134 valence electrons. The first-order valence-corrected chi connectivity index (χ1v) is 9.07. The van der Waals surface area contributed by atoms with Gasteiger partial charge in [-0.25, -0.2) is 0 Å². The molecule has 2 unspecified atom stereocenters. The summed E-state index contributed by atoms with van der Waals surface area (Å²) in [5.74, 6) is -0.833. The number of cyclic esters (lactones) is 1. The van der Waals surface area contributed by atoms with Crippen LogP contribution in [-0.4, -0.2) is 17.7 Å². The minimum absolute atomic E-state index is 0.256. The van der Waals surface area contributed by atoms with E-state index in [1.54, 1.807) is 0 Å². The van der Waals surface area contributed by atoms with Gasteiger partial charge in [-0.05, 0) is 42.5 Å². The molecule has 0 radical (unpaired) electrons. The molecule has 4 heteroatoms. The summed E-state index contributed by atoms with van der Waals surface area (Å²) in [6.07, 6.45) is 3.66. The number of carbonyl (C=O) groups is 1. The second-order valence-corrected chi connectivity index (χ2v) is 6.81. The first kappa shape index (κ1) is 18.2. The molecule has 0 saturated carbocycles. The molecule has 2 aromatic carbocycles. The highest BCUT2D eigenvalue weighted by Gasteiger charge is 2.46. The van der Waals surface area contributed by atoms with E-state index in [2.05, 4.69) is 6.07 Å². The van der Waals surface area contributed by atoms with Gasteiger partial charge in [0.1, 0.15) is 5.60 Å². The number of benzene rings is 2. The number of nitriles is 1. The predicted molar refractivity (Wildman–Crippen MR) is 98.1 cm³/mol. The van der Waals surface area contributed by atoms with Crippen LogP contribution in [0.2, 0.25) is 0 Å². The van der Waals surface area contributed by atoms with E-state index in [4.69, 9.17) is 10.00 Å². The van der Waals surface area contributed by atoms with Crippen molar-refractivity contribution in [3.05, 3.63) is 71.3 Å². The Morgan fingerprint density at radius 1 is 1.12 bits per heavy atom. The summed E-state index contributed by atoms with van der Waals surface area (Å²) in [7, 11) is 0. The Kier molecular flexibility index (Phi) is 5.70. The van der Waals surface area contributed by atoms with Crippen LogP contribution >= 0.6 is 0 Å². The molecule has 1 aliphatic heterocycles. The largest absolute Gasteiger partial charge is 0.465 e. The number of unbranched alkanes of at least 4 members (excludes halogenated alkanes) is 1. The van der Waals surface area contributed by atoms with Gasteiger partial charge in [0.2, 0.25) is 0 Å². The first-order valence-electron chi connectivity index (χ1n) is 9.07. The lowest BCUT2D eigenvalue weighted by molar-refractivity contribution is -0.176. The van der Waals surface area contributed by atoms with Crippen LogP contribution in [0.1, 0.15) is 42.4 Å². The Hall–Kier alpha value is -2.64. The van der Waals surface area contributed by atoms with E-state index in [9.17, 15) is 9.90 Å². The van der Waals surface area contributed by atoms with Gasteiger partial charge < -0.3 is 9.84 Å². The summed E-state index contributed by atoms with van der Waals surface area (Å²) in [5.41, 5.74) is 1.47. The van der Waals surface area contributed by atoms with Crippen molar-refractivity contribution < 1.29 is 14.6 Å². The van der Waals surface area contributed by atoms with Crippen LogP contribution in [0.3, 0.4) is 0 Å². The second kappa shape index (κ2) is 8.16. The Labute approximate surface area is 154 Å². The Morgan fingerprint density at radius 3 is 2.54 bits per heavy atom. The minimum atomic E-state index is -1.15. The van der Waals surface area contributed by atoms with Gasteiger partial charge in [-0.2, -0.15) is 5.26 Å². The molecule has 1 heterocycles. The zero-order chi connectivity index (χ0) is 18.4. The number of ether oxygens (including phenoxy) is 1. The molecule has 3 rings (SSSR count). The fourth-order valence-electron chi connectivity index (χ4n) is 3.63. The van der Waals surface area contributed by atoms with Crippen molar-refractivity contribution in [1.29, 1.82) is 5.26 Å². The molecule has 0 aliphatic carbocycles. The maximum atomic E-state index is 12.3. The van der Waals surface area contributed by atoms with Gasteiger partial charge in [-0.15, -0.1) is 0 Å². The summed E-state index contributed by atoms with van der Waals surface area (Å²) >= 11 is 0. The van der Waals surface area contributed by atoms with Gasteiger partial charge in [0.05, 0.1) is 24.2 Å². The second-order valence-electron chi connectivity index (χ2n) is 6.81. The molecule has 1 N–H and O–H groups in total. The van der Waals surface area contributed by atoms with Crippen molar-refractivity contribution in [2.24, 2.45) is 5.92 Å². The summed E-state index contributed by atoms with van der Waals surface area (Å²) in [6.45, 7) is 0.256. The maximum Gasteiger partial charge on any atom is 0.312 e. The van der Waals surface area contributed by atoms with E-state index >= 15 is 0 Å². The SMILES string of the molecule is N#Cc1ccc(CCCCC2C(=O)OCCC2(O)c2ccccc2)cc1.